The van der Waals surface area contributed by atoms with Crippen LogP contribution in [0.1, 0.15) is 43.1 Å². The number of hydrogen-bond donors (Lipinski definition) is 1. The van der Waals surface area contributed by atoms with Gasteiger partial charge in [0, 0.05) is 6.07 Å². The number of rotatable bonds is 8. The number of ketones is 1. The molecular weight excluding hydrogens is 376 g/mol. The molecule has 1 aromatic carbocycles. The van der Waals surface area contributed by atoms with Crippen molar-refractivity contribution >= 4 is 17.6 Å². The molecule has 150 valence electrons. The molecule has 2 rings (SSSR count). The van der Waals surface area contributed by atoms with Crippen LogP contribution in [-0.2, 0) is 4.74 Å². The van der Waals surface area contributed by atoms with Crippen molar-refractivity contribution in [2.24, 2.45) is 0 Å². The minimum Gasteiger partial charge on any atom is -0.493 e. The molecule has 0 saturated carbocycles. The molecule has 12 heteroatoms. The lowest BCUT2D eigenvalue weighted by atomic mass is 10.0. The number of carboxylic acid groups (broad SMARTS) is 1. The molecule has 1 N–H and O–H groups in total. The van der Waals surface area contributed by atoms with Gasteiger partial charge in [-0.15, -0.1) is 5.10 Å². The standard InChI is InChI=1S/C16H18N4O8/c1-8(2)27-14-5-10(11(20(24)25)6-13(14)26-4)15(21)12-7-17-18-19(12)9(3)28-16(22)23/h5-9H,1-4H3,(H,22,23). The SMILES string of the molecule is COc1cc([N+](=O)[O-])c(C(=O)c2cnnn2C(C)OC(=O)O)cc1OC(C)C. The van der Waals surface area contributed by atoms with Crippen molar-refractivity contribution in [1.82, 2.24) is 15.0 Å². The Labute approximate surface area is 158 Å². The third-order valence-electron chi connectivity index (χ3n) is 3.51. The van der Waals surface area contributed by atoms with Gasteiger partial charge in [0.25, 0.3) is 5.69 Å². The third kappa shape index (κ3) is 4.34. The number of nitro benzene ring substituents is 1. The van der Waals surface area contributed by atoms with Gasteiger partial charge >= 0.3 is 6.16 Å². The lowest BCUT2D eigenvalue weighted by Crippen LogP contribution is -2.20. The van der Waals surface area contributed by atoms with Crippen LogP contribution in [0.25, 0.3) is 0 Å². The fourth-order valence-corrected chi connectivity index (χ4v) is 2.40. The molecule has 0 aliphatic heterocycles. The molecule has 0 bridgehead atoms. The van der Waals surface area contributed by atoms with Crippen LogP contribution >= 0.6 is 0 Å². The maximum atomic E-state index is 13.0. The maximum Gasteiger partial charge on any atom is 0.507 e. The van der Waals surface area contributed by atoms with Crippen molar-refractivity contribution < 1.29 is 33.8 Å². The summed E-state index contributed by atoms with van der Waals surface area (Å²) in [5.41, 5.74) is -1.01. The van der Waals surface area contributed by atoms with Gasteiger partial charge in [-0.05, 0) is 20.8 Å². The largest absolute Gasteiger partial charge is 0.507 e. The Hall–Kier alpha value is -3.70. The van der Waals surface area contributed by atoms with Gasteiger partial charge in [-0.2, -0.15) is 0 Å². The lowest BCUT2D eigenvalue weighted by Gasteiger charge is -2.16. The Kier molecular flexibility index (Phi) is 6.13. The zero-order chi connectivity index (χ0) is 21.0. The first kappa shape index (κ1) is 20.6. The lowest BCUT2D eigenvalue weighted by molar-refractivity contribution is -0.385. The molecule has 0 saturated heterocycles. The molecule has 0 aliphatic rings. The van der Waals surface area contributed by atoms with Crippen LogP contribution in [0, 0.1) is 10.1 Å². The Morgan fingerprint density at radius 1 is 1.25 bits per heavy atom. The molecule has 0 spiro atoms. The summed E-state index contributed by atoms with van der Waals surface area (Å²) in [7, 11) is 1.32. The Morgan fingerprint density at radius 3 is 2.46 bits per heavy atom. The normalized spacial score (nSPS) is 11.8. The van der Waals surface area contributed by atoms with E-state index in [2.05, 4.69) is 15.0 Å². The maximum absolute atomic E-state index is 13.0. The first-order chi connectivity index (χ1) is 13.1. The van der Waals surface area contributed by atoms with Gasteiger partial charge in [-0.1, -0.05) is 5.21 Å². The summed E-state index contributed by atoms with van der Waals surface area (Å²) >= 11 is 0. The van der Waals surface area contributed by atoms with Gasteiger partial charge in [0.1, 0.15) is 11.3 Å². The summed E-state index contributed by atoms with van der Waals surface area (Å²) in [5, 5.41) is 27.4. The predicted molar refractivity (Wildman–Crippen MR) is 92.7 cm³/mol. The minimum atomic E-state index is -1.58. The number of nitro groups is 1. The quantitative estimate of drug-likeness (QED) is 0.305. The van der Waals surface area contributed by atoms with E-state index in [0.29, 0.717) is 0 Å². The van der Waals surface area contributed by atoms with Gasteiger partial charge in [0.2, 0.25) is 5.78 Å². The molecule has 28 heavy (non-hydrogen) atoms. The van der Waals surface area contributed by atoms with E-state index in [9.17, 15) is 19.7 Å². The summed E-state index contributed by atoms with van der Waals surface area (Å²) in [5.74, 6) is -0.583. The minimum absolute atomic E-state index is 0.0890. The zero-order valence-electron chi connectivity index (χ0n) is 15.5. The van der Waals surface area contributed by atoms with E-state index in [1.54, 1.807) is 13.8 Å². The first-order valence-corrected chi connectivity index (χ1v) is 8.03. The van der Waals surface area contributed by atoms with Crippen LogP contribution in [0.3, 0.4) is 0 Å². The van der Waals surface area contributed by atoms with E-state index in [4.69, 9.17) is 14.6 Å². The highest BCUT2D eigenvalue weighted by Crippen LogP contribution is 2.36. The van der Waals surface area contributed by atoms with Crippen molar-refractivity contribution in [3.05, 3.63) is 39.7 Å². The highest BCUT2D eigenvalue weighted by atomic mass is 16.7. The number of aromatic nitrogens is 3. The van der Waals surface area contributed by atoms with Crippen LogP contribution in [0.4, 0.5) is 10.5 Å². The van der Waals surface area contributed by atoms with E-state index in [1.165, 1.54) is 20.1 Å². The van der Waals surface area contributed by atoms with Gasteiger partial charge < -0.3 is 19.3 Å². The average Bonchev–Trinajstić information content (AvgIpc) is 3.09. The number of methoxy groups -OCH3 is 1. The number of carbonyl (C=O) groups is 2. The molecule has 2 aromatic rings. The molecule has 0 fully saturated rings. The van der Waals surface area contributed by atoms with Gasteiger partial charge in [-0.3, -0.25) is 14.9 Å². The van der Waals surface area contributed by atoms with Crippen LogP contribution in [-0.4, -0.2) is 50.2 Å². The number of nitrogens with zero attached hydrogens (tertiary/aromatic N) is 4. The molecule has 0 amide bonds. The monoisotopic (exact) mass is 394 g/mol. The summed E-state index contributed by atoms with van der Waals surface area (Å²) in [6.45, 7) is 4.81. The summed E-state index contributed by atoms with van der Waals surface area (Å²) < 4.78 is 16.1. The second kappa shape index (κ2) is 8.33. The summed E-state index contributed by atoms with van der Waals surface area (Å²) in [4.78, 5) is 34.4. The smallest absolute Gasteiger partial charge is 0.493 e. The van der Waals surface area contributed by atoms with Gasteiger partial charge in [0.15, 0.2) is 17.7 Å². The van der Waals surface area contributed by atoms with Crippen molar-refractivity contribution in [3.63, 3.8) is 0 Å². The first-order valence-electron chi connectivity index (χ1n) is 8.03. The Morgan fingerprint density at radius 2 is 1.93 bits per heavy atom. The molecule has 1 aromatic heterocycles. The summed E-state index contributed by atoms with van der Waals surface area (Å²) in [6, 6.07) is 2.27. The number of hydrogen-bond acceptors (Lipinski definition) is 9. The fourth-order valence-electron chi connectivity index (χ4n) is 2.40. The van der Waals surface area contributed by atoms with E-state index in [-0.39, 0.29) is 28.9 Å². The van der Waals surface area contributed by atoms with Gasteiger partial charge in [-0.25, -0.2) is 9.48 Å². The molecule has 1 unspecified atom stereocenters. The van der Waals surface area contributed by atoms with Crippen LogP contribution < -0.4 is 9.47 Å². The molecule has 12 nitrogen and oxygen atoms in total. The third-order valence-corrected chi connectivity index (χ3v) is 3.51. The van der Waals surface area contributed by atoms with Crippen LogP contribution in [0.5, 0.6) is 11.5 Å². The zero-order valence-corrected chi connectivity index (χ0v) is 15.5. The van der Waals surface area contributed by atoms with E-state index < -0.39 is 28.8 Å². The topological polar surface area (TPSA) is 156 Å². The van der Waals surface area contributed by atoms with Crippen molar-refractivity contribution in [2.75, 3.05) is 7.11 Å². The van der Waals surface area contributed by atoms with E-state index >= 15 is 0 Å². The second-order valence-electron chi connectivity index (χ2n) is 5.82. The van der Waals surface area contributed by atoms with E-state index in [0.717, 1.165) is 16.9 Å². The highest BCUT2D eigenvalue weighted by molar-refractivity contribution is 6.10. The van der Waals surface area contributed by atoms with Crippen LogP contribution in [0.2, 0.25) is 0 Å². The highest BCUT2D eigenvalue weighted by Gasteiger charge is 2.29. The number of benzene rings is 1. The van der Waals surface area contributed by atoms with Crippen LogP contribution in [0.15, 0.2) is 18.3 Å². The summed E-state index contributed by atoms with van der Waals surface area (Å²) in [6.07, 6.45) is -1.98. The molecule has 1 atom stereocenters. The van der Waals surface area contributed by atoms with Crippen molar-refractivity contribution in [1.29, 1.82) is 0 Å². The fraction of sp³-hybridized carbons (Fsp3) is 0.375. The number of carbonyl (C=O) groups excluding carboxylic acids is 1. The molecule has 0 aliphatic carbocycles. The number of ether oxygens (including phenoxy) is 3. The Balaban J connectivity index is 2.57. The van der Waals surface area contributed by atoms with E-state index in [1.807, 2.05) is 0 Å². The second-order valence-corrected chi connectivity index (χ2v) is 5.82. The Bertz CT molecular complexity index is 908. The molecule has 0 radical (unpaired) electrons. The van der Waals surface area contributed by atoms with Gasteiger partial charge in [0.05, 0.1) is 30.4 Å². The van der Waals surface area contributed by atoms with Crippen molar-refractivity contribution in [3.8, 4) is 11.5 Å². The molecule has 1 heterocycles. The molecular formula is C16H18N4O8. The average molecular weight is 394 g/mol. The predicted octanol–water partition coefficient (Wildman–Crippen LogP) is 2.43. The van der Waals surface area contributed by atoms with Crippen molar-refractivity contribution in [2.45, 2.75) is 33.1 Å².